The zero-order valence-corrected chi connectivity index (χ0v) is 21.7. The summed E-state index contributed by atoms with van der Waals surface area (Å²) in [5.74, 6) is -0.353. The number of nitrogens with zero attached hydrogens (tertiary/aromatic N) is 1. The number of aryl methyl sites for hydroxylation is 2. The van der Waals surface area contributed by atoms with Gasteiger partial charge in [0.15, 0.2) is 0 Å². The molecule has 36 heavy (non-hydrogen) atoms. The van der Waals surface area contributed by atoms with E-state index in [9.17, 15) is 13.2 Å². The van der Waals surface area contributed by atoms with E-state index in [1.807, 2.05) is 38.1 Å². The largest absolute Gasteiger partial charge is 0.348 e. The summed E-state index contributed by atoms with van der Waals surface area (Å²) in [7, 11) is -3.99. The summed E-state index contributed by atoms with van der Waals surface area (Å²) < 4.78 is 29.0. The third-order valence-corrected chi connectivity index (χ3v) is 7.99. The standard InChI is InChI=1S/C29H27ClN2O3S/c1-21-11-17-26(18-12-21)36(34,35)32(20-23-13-15-25(30)16-14-23)28-10-6-5-9-27(28)29(33)31-19-24-8-4-3-7-22(24)2/h3-18H,19-20H2,1-2H3,(H,31,33). The monoisotopic (exact) mass is 518 g/mol. The predicted octanol–water partition coefficient (Wildman–Crippen LogP) is 6.28. The van der Waals surface area contributed by atoms with Gasteiger partial charge in [-0.05, 0) is 66.9 Å². The first-order valence-electron chi connectivity index (χ1n) is 11.5. The number of nitrogens with one attached hydrogen (secondary N) is 1. The number of hydrogen-bond acceptors (Lipinski definition) is 3. The van der Waals surface area contributed by atoms with Crippen molar-refractivity contribution in [1.82, 2.24) is 5.32 Å². The van der Waals surface area contributed by atoms with Gasteiger partial charge in [-0.3, -0.25) is 9.10 Å². The average Bonchev–Trinajstić information content (AvgIpc) is 2.88. The quantitative estimate of drug-likeness (QED) is 0.298. The van der Waals surface area contributed by atoms with Crippen molar-refractivity contribution in [3.8, 4) is 0 Å². The Morgan fingerprint density at radius 1 is 0.833 bits per heavy atom. The number of benzene rings is 4. The average molecular weight is 519 g/mol. The van der Waals surface area contributed by atoms with Crippen molar-refractivity contribution in [1.29, 1.82) is 0 Å². The second-order valence-electron chi connectivity index (χ2n) is 8.58. The fourth-order valence-electron chi connectivity index (χ4n) is 3.86. The summed E-state index contributed by atoms with van der Waals surface area (Å²) in [6.07, 6.45) is 0. The summed E-state index contributed by atoms with van der Waals surface area (Å²) in [6.45, 7) is 4.25. The van der Waals surface area contributed by atoms with Crippen LogP contribution in [-0.2, 0) is 23.1 Å². The van der Waals surface area contributed by atoms with Gasteiger partial charge < -0.3 is 5.32 Å². The Kier molecular flexibility index (Phi) is 7.77. The van der Waals surface area contributed by atoms with Crippen LogP contribution in [0.1, 0.15) is 32.6 Å². The fraction of sp³-hybridized carbons (Fsp3) is 0.138. The van der Waals surface area contributed by atoms with E-state index in [0.29, 0.717) is 17.3 Å². The lowest BCUT2D eigenvalue weighted by atomic mass is 10.1. The van der Waals surface area contributed by atoms with Gasteiger partial charge in [0.25, 0.3) is 15.9 Å². The predicted molar refractivity (Wildman–Crippen MR) is 145 cm³/mol. The number of carbonyl (C=O) groups is 1. The van der Waals surface area contributed by atoms with Crippen LogP contribution >= 0.6 is 11.6 Å². The van der Waals surface area contributed by atoms with E-state index in [2.05, 4.69) is 5.32 Å². The van der Waals surface area contributed by atoms with Gasteiger partial charge in [-0.1, -0.05) is 77.8 Å². The molecule has 0 aliphatic rings. The zero-order chi connectivity index (χ0) is 25.7. The van der Waals surface area contributed by atoms with Gasteiger partial charge in [0.2, 0.25) is 0 Å². The first kappa shape index (κ1) is 25.5. The van der Waals surface area contributed by atoms with E-state index in [4.69, 9.17) is 11.6 Å². The third kappa shape index (κ3) is 5.78. The highest BCUT2D eigenvalue weighted by Gasteiger charge is 2.28. The van der Waals surface area contributed by atoms with Crippen LogP contribution in [0.25, 0.3) is 0 Å². The van der Waals surface area contributed by atoms with E-state index in [1.54, 1.807) is 72.8 Å². The lowest BCUT2D eigenvalue weighted by molar-refractivity contribution is 0.0951. The Labute approximate surface area is 217 Å². The van der Waals surface area contributed by atoms with Crippen LogP contribution in [0, 0.1) is 13.8 Å². The molecule has 0 saturated carbocycles. The van der Waals surface area contributed by atoms with Gasteiger partial charge in [0, 0.05) is 11.6 Å². The molecule has 0 heterocycles. The molecule has 0 unspecified atom stereocenters. The van der Waals surface area contributed by atoms with Crippen molar-refractivity contribution in [3.63, 3.8) is 0 Å². The first-order valence-corrected chi connectivity index (χ1v) is 13.3. The van der Waals surface area contributed by atoms with Crippen LogP contribution in [0.4, 0.5) is 5.69 Å². The highest BCUT2D eigenvalue weighted by molar-refractivity contribution is 7.92. The van der Waals surface area contributed by atoms with E-state index >= 15 is 0 Å². The Morgan fingerprint density at radius 2 is 1.47 bits per heavy atom. The maximum Gasteiger partial charge on any atom is 0.264 e. The first-order chi connectivity index (χ1) is 17.3. The van der Waals surface area contributed by atoms with Gasteiger partial charge in [-0.2, -0.15) is 0 Å². The molecule has 0 spiro atoms. The van der Waals surface area contributed by atoms with E-state index in [-0.39, 0.29) is 22.9 Å². The molecule has 0 bridgehead atoms. The van der Waals surface area contributed by atoms with Gasteiger partial charge in [0.05, 0.1) is 22.7 Å². The zero-order valence-electron chi connectivity index (χ0n) is 20.1. The molecule has 0 aromatic heterocycles. The minimum Gasteiger partial charge on any atom is -0.348 e. The maximum absolute atomic E-state index is 13.9. The summed E-state index contributed by atoms with van der Waals surface area (Å²) >= 11 is 6.04. The molecule has 0 aliphatic carbocycles. The molecule has 0 fully saturated rings. The smallest absolute Gasteiger partial charge is 0.264 e. The normalized spacial score (nSPS) is 11.2. The van der Waals surface area contributed by atoms with E-state index < -0.39 is 10.0 Å². The van der Waals surface area contributed by atoms with Crippen molar-refractivity contribution in [2.24, 2.45) is 0 Å². The Balaban J connectivity index is 1.73. The summed E-state index contributed by atoms with van der Waals surface area (Å²) in [6, 6.07) is 28.2. The third-order valence-electron chi connectivity index (χ3n) is 5.97. The molecule has 0 saturated heterocycles. The molecule has 4 aromatic rings. The Hall–Kier alpha value is -3.61. The molecule has 0 radical (unpaired) electrons. The molecule has 4 aromatic carbocycles. The van der Waals surface area contributed by atoms with Crippen LogP contribution in [0.15, 0.2) is 102 Å². The lowest BCUT2D eigenvalue weighted by Crippen LogP contribution is -2.33. The van der Waals surface area contributed by atoms with Crippen LogP contribution in [0.5, 0.6) is 0 Å². The molecular formula is C29H27ClN2O3S. The van der Waals surface area contributed by atoms with E-state index in [1.165, 1.54) is 4.31 Å². The van der Waals surface area contributed by atoms with Crippen LogP contribution in [0.2, 0.25) is 5.02 Å². The van der Waals surface area contributed by atoms with Gasteiger partial charge in [-0.15, -0.1) is 0 Å². The maximum atomic E-state index is 13.9. The molecule has 0 aliphatic heterocycles. The van der Waals surface area contributed by atoms with Gasteiger partial charge >= 0.3 is 0 Å². The highest BCUT2D eigenvalue weighted by atomic mass is 35.5. The number of hydrogen-bond donors (Lipinski definition) is 1. The van der Waals surface area contributed by atoms with Crippen molar-refractivity contribution >= 4 is 33.2 Å². The van der Waals surface area contributed by atoms with Crippen molar-refractivity contribution in [2.75, 3.05) is 4.31 Å². The summed E-state index contributed by atoms with van der Waals surface area (Å²) in [5, 5.41) is 3.50. The van der Waals surface area contributed by atoms with Crippen LogP contribution in [0.3, 0.4) is 0 Å². The SMILES string of the molecule is Cc1ccc(S(=O)(=O)N(Cc2ccc(Cl)cc2)c2ccccc2C(=O)NCc2ccccc2C)cc1. The minimum absolute atomic E-state index is 0.0372. The number of halogens is 1. The van der Waals surface area contributed by atoms with Gasteiger partial charge in [0.1, 0.15) is 0 Å². The molecule has 7 heteroatoms. The minimum atomic E-state index is -3.99. The molecule has 1 amide bonds. The fourth-order valence-corrected chi connectivity index (χ4v) is 5.45. The number of sulfonamides is 1. The highest BCUT2D eigenvalue weighted by Crippen LogP contribution is 2.30. The van der Waals surface area contributed by atoms with E-state index in [0.717, 1.165) is 22.3 Å². The van der Waals surface area contributed by atoms with Gasteiger partial charge in [-0.25, -0.2) is 8.42 Å². The van der Waals surface area contributed by atoms with Crippen molar-refractivity contribution in [2.45, 2.75) is 31.8 Å². The summed E-state index contributed by atoms with van der Waals surface area (Å²) in [4.78, 5) is 13.5. The number of anilines is 1. The Morgan fingerprint density at radius 3 is 2.17 bits per heavy atom. The summed E-state index contributed by atoms with van der Waals surface area (Å²) in [5.41, 5.74) is 4.33. The number of amides is 1. The number of carbonyl (C=O) groups excluding carboxylic acids is 1. The van der Waals surface area contributed by atoms with Crippen LogP contribution in [-0.4, -0.2) is 14.3 Å². The van der Waals surface area contributed by atoms with Crippen molar-refractivity contribution in [3.05, 3.63) is 130 Å². The molecular weight excluding hydrogens is 492 g/mol. The molecule has 1 N–H and O–H groups in total. The van der Waals surface area contributed by atoms with Crippen molar-refractivity contribution < 1.29 is 13.2 Å². The molecule has 0 atom stereocenters. The molecule has 184 valence electrons. The molecule has 4 rings (SSSR count). The Bertz CT molecular complexity index is 1470. The second-order valence-corrected chi connectivity index (χ2v) is 10.9. The number of para-hydroxylation sites is 1. The second kappa shape index (κ2) is 11.0. The molecule has 5 nitrogen and oxygen atoms in total. The topological polar surface area (TPSA) is 66.5 Å². The van der Waals surface area contributed by atoms with Crippen LogP contribution < -0.4 is 9.62 Å². The number of rotatable bonds is 8. The lowest BCUT2D eigenvalue weighted by Gasteiger charge is -2.27.